The Hall–Kier alpha value is -6.52. The molecule has 0 aliphatic rings. The van der Waals surface area contributed by atoms with Crippen LogP contribution in [0.15, 0.2) is 200 Å². The first-order chi connectivity index (χ1) is 27.3. The van der Waals surface area contributed by atoms with Crippen LogP contribution in [0.3, 0.4) is 0 Å². The molecular weight excluding hydrogens is 703 g/mol. The Morgan fingerprint density at radius 3 is 1.78 bits per heavy atom. The van der Waals surface area contributed by atoms with Crippen LogP contribution in [0.1, 0.15) is 0 Å². The highest BCUT2D eigenvalue weighted by molar-refractivity contribution is 7.26. The van der Waals surface area contributed by atoms with Gasteiger partial charge in [0.2, 0.25) is 0 Å². The summed E-state index contributed by atoms with van der Waals surface area (Å²) in [6.45, 7) is 0. The standard InChI is InChI=1S/C52H33NS2/c1-2-15-35-32-37(31-30-34(35)14-1)39-18-3-7-25-46(39)53(38-17-11-16-36(33-38)40-22-13-29-50-51(40)45-21-6-10-28-49(45)54-50)47-26-8-4-19-41(47)43-23-12-24-44-42-20-5-9-27-48(42)55-52(43)44/h1-33H. The molecule has 0 aliphatic carbocycles. The predicted molar refractivity (Wildman–Crippen MR) is 241 cm³/mol. The summed E-state index contributed by atoms with van der Waals surface area (Å²) in [6, 6.07) is 73.5. The molecule has 0 saturated heterocycles. The molecule has 0 N–H and O–H groups in total. The zero-order valence-electron chi connectivity index (χ0n) is 29.8. The second-order valence-electron chi connectivity index (χ2n) is 14.0. The summed E-state index contributed by atoms with van der Waals surface area (Å²) in [4.78, 5) is 2.49. The van der Waals surface area contributed by atoms with Gasteiger partial charge in [-0.2, -0.15) is 0 Å². The smallest absolute Gasteiger partial charge is 0.0540 e. The van der Waals surface area contributed by atoms with Crippen LogP contribution in [0.5, 0.6) is 0 Å². The van der Waals surface area contributed by atoms with Gasteiger partial charge in [0.15, 0.2) is 0 Å². The maximum absolute atomic E-state index is 2.49. The van der Waals surface area contributed by atoms with Crippen LogP contribution in [0.4, 0.5) is 17.1 Å². The number of thiophene rings is 2. The third-order valence-corrected chi connectivity index (χ3v) is 13.2. The van der Waals surface area contributed by atoms with Crippen molar-refractivity contribution >= 4 is 90.9 Å². The Morgan fingerprint density at radius 2 is 0.909 bits per heavy atom. The zero-order valence-corrected chi connectivity index (χ0v) is 31.4. The van der Waals surface area contributed by atoms with Crippen LogP contribution in [-0.4, -0.2) is 0 Å². The van der Waals surface area contributed by atoms with Crippen molar-refractivity contribution in [1.29, 1.82) is 0 Å². The van der Waals surface area contributed by atoms with E-state index in [0.717, 1.165) is 17.1 Å². The number of hydrogen-bond acceptors (Lipinski definition) is 3. The Morgan fingerprint density at radius 1 is 0.327 bits per heavy atom. The van der Waals surface area contributed by atoms with Gasteiger partial charge < -0.3 is 4.90 Å². The summed E-state index contributed by atoms with van der Waals surface area (Å²) in [5.41, 5.74) is 10.6. The number of hydrogen-bond donors (Lipinski definition) is 0. The fraction of sp³-hybridized carbons (Fsp3) is 0. The van der Waals surface area contributed by atoms with Gasteiger partial charge in [-0.3, -0.25) is 0 Å². The predicted octanol–water partition coefficient (Wildman–Crippen LogP) is 16.0. The number of anilines is 3. The molecule has 3 heteroatoms. The molecule has 0 saturated carbocycles. The van der Waals surface area contributed by atoms with Gasteiger partial charge in [-0.25, -0.2) is 0 Å². The van der Waals surface area contributed by atoms with Gasteiger partial charge in [-0.05, 0) is 76.0 Å². The fourth-order valence-corrected chi connectivity index (χ4v) is 10.7. The minimum Gasteiger partial charge on any atom is -0.309 e. The second kappa shape index (κ2) is 13.1. The molecule has 11 rings (SSSR count). The highest BCUT2D eigenvalue weighted by Crippen LogP contribution is 2.49. The average molecular weight is 736 g/mol. The third-order valence-electron chi connectivity index (χ3n) is 10.9. The molecular formula is C52H33NS2. The maximum Gasteiger partial charge on any atom is 0.0540 e. The summed E-state index contributed by atoms with van der Waals surface area (Å²) in [6.07, 6.45) is 0. The number of rotatable bonds is 6. The molecule has 0 atom stereocenters. The maximum atomic E-state index is 2.49. The molecule has 0 amide bonds. The van der Waals surface area contributed by atoms with Crippen LogP contribution in [0.2, 0.25) is 0 Å². The molecule has 0 aliphatic heterocycles. The lowest BCUT2D eigenvalue weighted by molar-refractivity contribution is 1.29. The molecule has 1 nitrogen and oxygen atoms in total. The van der Waals surface area contributed by atoms with Gasteiger partial charge in [-0.15, -0.1) is 22.7 Å². The van der Waals surface area contributed by atoms with Crippen molar-refractivity contribution in [1.82, 2.24) is 0 Å². The Labute approximate surface area is 327 Å². The lowest BCUT2D eigenvalue weighted by Gasteiger charge is -2.30. The second-order valence-corrected chi connectivity index (χ2v) is 16.2. The van der Waals surface area contributed by atoms with E-state index in [1.807, 2.05) is 22.7 Å². The first-order valence-corrected chi connectivity index (χ1v) is 20.3. The topological polar surface area (TPSA) is 3.24 Å². The highest BCUT2D eigenvalue weighted by atomic mass is 32.1. The van der Waals surface area contributed by atoms with Crippen molar-refractivity contribution in [3.8, 4) is 33.4 Å². The first kappa shape index (κ1) is 32.0. The lowest BCUT2D eigenvalue weighted by Crippen LogP contribution is -2.12. The molecule has 0 radical (unpaired) electrons. The number of benzene rings is 9. The Balaban J connectivity index is 1.17. The fourth-order valence-electron chi connectivity index (χ4n) is 8.36. The number of nitrogens with zero attached hydrogens (tertiary/aromatic N) is 1. The number of para-hydroxylation sites is 2. The normalized spacial score (nSPS) is 11.6. The zero-order chi connectivity index (χ0) is 36.3. The van der Waals surface area contributed by atoms with Crippen LogP contribution in [0.25, 0.3) is 84.5 Å². The van der Waals surface area contributed by atoms with Crippen molar-refractivity contribution in [2.75, 3.05) is 4.90 Å². The molecule has 0 spiro atoms. The minimum absolute atomic E-state index is 1.11. The van der Waals surface area contributed by atoms with E-state index in [9.17, 15) is 0 Å². The number of fused-ring (bicyclic) bond motifs is 7. The van der Waals surface area contributed by atoms with E-state index in [0.29, 0.717) is 0 Å². The summed E-state index contributed by atoms with van der Waals surface area (Å²) in [7, 11) is 0. The quantitative estimate of drug-likeness (QED) is 0.164. The van der Waals surface area contributed by atoms with Crippen molar-refractivity contribution < 1.29 is 0 Å². The molecule has 9 aromatic carbocycles. The van der Waals surface area contributed by atoms with E-state index in [1.165, 1.54) is 84.5 Å². The van der Waals surface area contributed by atoms with Crippen LogP contribution < -0.4 is 4.90 Å². The van der Waals surface area contributed by atoms with E-state index in [1.54, 1.807) is 0 Å². The molecule has 258 valence electrons. The lowest BCUT2D eigenvalue weighted by atomic mass is 9.95. The Kier molecular flexibility index (Phi) is 7.61. The average Bonchev–Trinajstić information content (AvgIpc) is 3.83. The van der Waals surface area contributed by atoms with Gasteiger partial charge in [0.25, 0.3) is 0 Å². The molecule has 55 heavy (non-hydrogen) atoms. The molecule has 2 aromatic heterocycles. The first-order valence-electron chi connectivity index (χ1n) is 18.7. The monoisotopic (exact) mass is 735 g/mol. The van der Waals surface area contributed by atoms with Crippen molar-refractivity contribution in [2.24, 2.45) is 0 Å². The van der Waals surface area contributed by atoms with E-state index in [-0.39, 0.29) is 0 Å². The van der Waals surface area contributed by atoms with Crippen molar-refractivity contribution in [3.05, 3.63) is 200 Å². The van der Waals surface area contributed by atoms with Crippen LogP contribution in [0, 0.1) is 0 Å². The summed E-state index contributed by atoms with van der Waals surface area (Å²) < 4.78 is 5.24. The van der Waals surface area contributed by atoms with Crippen LogP contribution >= 0.6 is 22.7 Å². The largest absolute Gasteiger partial charge is 0.309 e. The minimum atomic E-state index is 1.11. The van der Waals surface area contributed by atoms with E-state index in [4.69, 9.17) is 0 Å². The van der Waals surface area contributed by atoms with Gasteiger partial charge in [0.1, 0.15) is 0 Å². The molecule has 0 unspecified atom stereocenters. The van der Waals surface area contributed by atoms with Gasteiger partial charge in [0.05, 0.1) is 11.4 Å². The van der Waals surface area contributed by atoms with Crippen molar-refractivity contribution in [3.63, 3.8) is 0 Å². The molecule has 0 bridgehead atoms. The SMILES string of the molecule is c1cc(-c2cccc3sc4ccccc4c23)cc(N(c2ccccc2-c2ccc3ccccc3c2)c2ccccc2-c2cccc3c2sc2ccccc23)c1. The summed E-state index contributed by atoms with van der Waals surface area (Å²) in [5, 5.41) is 7.71. The molecule has 11 aromatic rings. The van der Waals surface area contributed by atoms with E-state index >= 15 is 0 Å². The summed E-state index contributed by atoms with van der Waals surface area (Å²) in [5.74, 6) is 0. The highest BCUT2D eigenvalue weighted by Gasteiger charge is 2.23. The van der Waals surface area contributed by atoms with Crippen molar-refractivity contribution in [2.45, 2.75) is 0 Å². The molecule has 2 heterocycles. The van der Waals surface area contributed by atoms with Gasteiger partial charge in [0, 0.05) is 62.7 Å². The van der Waals surface area contributed by atoms with Gasteiger partial charge in [-0.1, -0.05) is 152 Å². The third kappa shape index (κ3) is 5.35. The van der Waals surface area contributed by atoms with E-state index < -0.39 is 0 Å². The Bertz CT molecular complexity index is 3240. The van der Waals surface area contributed by atoms with E-state index in [2.05, 4.69) is 205 Å². The molecule has 0 fully saturated rings. The summed E-state index contributed by atoms with van der Waals surface area (Å²) >= 11 is 3.75. The van der Waals surface area contributed by atoms with Gasteiger partial charge >= 0.3 is 0 Å². The van der Waals surface area contributed by atoms with Crippen LogP contribution in [-0.2, 0) is 0 Å².